The second-order valence-corrected chi connectivity index (χ2v) is 6.09. The molecule has 0 saturated heterocycles. The molecule has 148 valence electrons. The van der Waals surface area contributed by atoms with Gasteiger partial charge in [0.05, 0.1) is 13.3 Å². The Morgan fingerprint density at radius 3 is 2.61 bits per heavy atom. The number of hydrogen-bond acceptors (Lipinski definition) is 5. The van der Waals surface area contributed by atoms with Crippen molar-refractivity contribution in [1.29, 1.82) is 0 Å². The third-order valence-corrected chi connectivity index (χ3v) is 3.64. The average Bonchev–Trinajstić information content (AvgIpc) is 3.26. The van der Waals surface area contributed by atoms with Gasteiger partial charge < -0.3 is 23.9 Å². The van der Waals surface area contributed by atoms with Crippen LogP contribution < -0.4 is 15.0 Å². The van der Waals surface area contributed by atoms with Crippen molar-refractivity contribution in [3.63, 3.8) is 0 Å². The molecule has 3 aromatic rings. The predicted molar refractivity (Wildman–Crippen MR) is 91.4 cm³/mol. The van der Waals surface area contributed by atoms with Gasteiger partial charge >= 0.3 is 6.36 Å². The lowest BCUT2D eigenvalue weighted by Gasteiger charge is -2.13. The molecule has 0 aliphatic carbocycles. The molecule has 7 nitrogen and oxygen atoms in total. The van der Waals surface area contributed by atoms with Gasteiger partial charge in [0, 0.05) is 11.8 Å². The zero-order valence-electron chi connectivity index (χ0n) is 14.7. The van der Waals surface area contributed by atoms with Crippen molar-refractivity contribution in [2.45, 2.75) is 12.9 Å². The van der Waals surface area contributed by atoms with Crippen LogP contribution in [0.5, 0.6) is 5.75 Å². The summed E-state index contributed by atoms with van der Waals surface area (Å²) in [5.74, 6) is 0.411. The topological polar surface area (TPSA) is 81.9 Å². The van der Waals surface area contributed by atoms with Crippen molar-refractivity contribution in [2.75, 3.05) is 18.9 Å². The van der Waals surface area contributed by atoms with Gasteiger partial charge in [0.2, 0.25) is 5.76 Å². The number of furan rings is 1. The number of nitrogens with one attached hydrogen (secondary N) is 2. The standard InChI is InChI=1S/C18H16F3N3O4/c1-24(10-13-9-16(28-23-13)15-3-2-8-26-15)11-17(25)22-12-4-6-14(7-5-12)27-18(19,20)21/h2-9H,10-11H2,1H3,(H,22,25)/p+1. The molecule has 1 amide bonds. The SMILES string of the molecule is C[NH+](CC(=O)Nc1ccc(OC(F)(F)F)cc1)Cc1cc(-c2ccco2)on1. The molecule has 0 saturated carbocycles. The van der Waals surface area contributed by atoms with Crippen LogP contribution in [0.1, 0.15) is 5.69 Å². The van der Waals surface area contributed by atoms with E-state index in [0.717, 1.165) is 17.0 Å². The smallest absolute Gasteiger partial charge is 0.461 e. The van der Waals surface area contributed by atoms with Crippen LogP contribution >= 0.6 is 0 Å². The maximum atomic E-state index is 12.1. The Morgan fingerprint density at radius 1 is 1.21 bits per heavy atom. The highest BCUT2D eigenvalue weighted by Gasteiger charge is 2.31. The fourth-order valence-corrected chi connectivity index (χ4v) is 2.52. The lowest BCUT2D eigenvalue weighted by molar-refractivity contribution is -0.885. The summed E-state index contributed by atoms with van der Waals surface area (Å²) in [5, 5.41) is 6.57. The number of nitrogens with zero attached hydrogens (tertiary/aromatic N) is 1. The van der Waals surface area contributed by atoms with Crippen molar-refractivity contribution < 1.29 is 36.5 Å². The van der Waals surface area contributed by atoms with Gasteiger partial charge in [-0.25, -0.2) is 0 Å². The molecule has 2 aromatic heterocycles. The first-order valence-electron chi connectivity index (χ1n) is 8.25. The molecular weight excluding hydrogens is 379 g/mol. The molecule has 1 unspecified atom stereocenters. The van der Waals surface area contributed by atoms with E-state index in [9.17, 15) is 18.0 Å². The molecule has 1 atom stereocenters. The molecule has 0 bridgehead atoms. The Bertz CT molecular complexity index is 905. The molecule has 10 heteroatoms. The van der Waals surface area contributed by atoms with Crippen LogP contribution in [0.3, 0.4) is 0 Å². The van der Waals surface area contributed by atoms with Crippen molar-refractivity contribution in [1.82, 2.24) is 5.16 Å². The molecule has 0 fully saturated rings. The predicted octanol–water partition coefficient (Wildman–Crippen LogP) is 2.49. The Balaban J connectivity index is 1.49. The number of benzene rings is 1. The van der Waals surface area contributed by atoms with Crippen LogP contribution in [0.2, 0.25) is 0 Å². The summed E-state index contributed by atoms with van der Waals surface area (Å²) in [6, 6.07) is 10.2. The number of amides is 1. The number of aromatic nitrogens is 1. The van der Waals surface area contributed by atoms with Gasteiger partial charge in [0.15, 0.2) is 12.3 Å². The largest absolute Gasteiger partial charge is 0.573 e. The van der Waals surface area contributed by atoms with E-state index in [2.05, 4.69) is 15.2 Å². The Morgan fingerprint density at radius 2 is 1.96 bits per heavy atom. The lowest BCUT2D eigenvalue weighted by atomic mass is 10.3. The molecular formula is C18H17F3N3O4+. The number of rotatable bonds is 7. The fraction of sp³-hybridized carbons (Fsp3) is 0.222. The minimum atomic E-state index is -4.76. The normalized spacial score (nSPS) is 12.6. The number of alkyl halides is 3. The molecule has 3 rings (SSSR count). The van der Waals surface area contributed by atoms with Crippen molar-refractivity contribution in [2.24, 2.45) is 0 Å². The van der Waals surface area contributed by atoms with E-state index in [1.165, 1.54) is 18.4 Å². The van der Waals surface area contributed by atoms with E-state index < -0.39 is 6.36 Å². The summed E-state index contributed by atoms with van der Waals surface area (Å²) in [6.45, 7) is 0.569. The molecule has 1 aromatic carbocycles. The summed E-state index contributed by atoms with van der Waals surface area (Å²) in [5.41, 5.74) is 1.03. The summed E-state index contributed by atoms with van der Waals surface area (Å²) in [6.07, 6.45) is -3.23. The van der Waals surface area contributed by atoms with Crippen LogP contribution in [0.4, 0.5) is 18.9 Å². The monoisotopic (exact) mass is 396 g/mol. The summed E-state index contributed by atoms with van der Waals surface area (Å²) in [4.78, 5) is 13.0. The van der Waals surface area contributed by atoms with Gasteiger partial charge in [-0.3, -0.25) is 4.79 Å². The first kappa shape index (κ1) is 19.5. The second kappa shape index (κ2) is 8.17. The molecule has 0 aliphatic heterocycles. The Labute approximate surface area is 157 Å². The van der Waals surface area contributed by atoms with Crippen molar-refractivity contribution >= 4 is 11.6 Å². The number of halogens is 3. The van der Waals surface area contributed by atoms with E-state index in [1.54, 1.807) is 25.2 Å². The van der Waals surface area contributed by atoms with Crippen LogP contribution in [0.15, 0.2) is 57.7 Å². The molecule has 0 spiro atoms. The maximum Gasteiger partial charge on any atom is 0.573 e. The number of ether oxygens (including phenoxy) is 1. The van der Waals surface area contributed by atoms with Crippen LogP contribution in [-0.2, 0) is 11.3 Å². The van der Waals surface area contributed by atoms with Crippen LogP contribution in [-0.4, -0.2) is 31.0 Å². The van der Waals surface area contributed by atoms with E-state index >= 15 is 0 Å². The maximum absolute atomic E-state index is 12.1. The lowest BCUT2D eigenvalue weighted by Crippen LogP contribution is -3.08. The van der Waals surface area contributed by atoms with Gasteiger partial charge in [-0.05, 0) is 36.4 Å². The fourth-order valence-electron chi connectivity index (χ4n) is 2.52. The molecule has 0 radical (unpaired) electrons. The highest BCUT2D eigenvalue weighted by molar-refractivity contribution is 5.91. The Hall–Kier alpha value is -3.27. The number of carbonyl (C=O) groups excluding carboxylic acids is 1. The third-order valence-electron chi connectivity index (χ3n) is 3.64. The van der Waals surface area contributed by atoms with E-state index in [4.69, 9.17) is 8.94 Å². The van der Waals surface area contributed by atoms with Gasteiger partial charge in [-0.2, -0.15) is 0 Å². The summed E-state index contributed by atoms with van der Waals surface area (Å²) >= 11 is 0. The minimum absolute atomic E-state index is 0.129. The second-order valence-electron chi connectivity index (χ2n) is 6.09. The number of likely N-dealkylation sites (N-methyl/N-ethyl adjacent to an activating group) is 1. The van der Waals surface area contributed by atoms with Gasteiger partial charge in [0.1, 0.15) is 18.0 Å². The quantitative estimate of drug-likeness (QED) is 0.641. The molecule has 2 N–H and O–H groups in total. The first-order chi connectivity index (χ1) is 13.3. The first-order valence-corrected chi connectivity index (χ1v) is 8.25. The van der Waals surface area contributed by atoms with Crippen LogP contribution in [0, 0.1) is 0 Å². The minimum Gasteiger partial charge on any atom is -0.461 e. The van der Waals surface area contributed by atoms with Crippen LogP contribution in [0.25, 0.3) is 11.5 Å². The third kappa shape index (κ3) is 5.61. The van der Waals surface area contributed by atoms with Gasteiger partial charge in [-0.15, -0.1) is 13.2 Å². The molecule has 0 aliphatic rings. The number of carbonyl (C=O) groups is 1. The zero-order chi connectivity index (χ0) is 20.1. The number of quaternary nitrogens is 1. The molecule has 2 heterocycles. The highest BCUT2D eigenvalue weighted by atomic mass is 19.4. The van der Waals surface area contributed by atoms with E-state index in [1.807, 2.05) is 0 Å². The van der Waals surface area contributed by atoms with Gasteiger partial charge in [0.25, 0.3) is 5.91 Å². The average molecular weight is 396 g/mol. The summed E-state index contributed by atoms with van der Waals surface area (Å²) in [7, 11) is 1.81. The van der Waals surface area contributed by atoms with Crippen molar-refractivity contribution in [3.05, 3.63) is 54.4 Å². The Kier molecular flexibility index (Phi) is 5.69. The zero-order valence-corrected chi connectivity index (χ0v) is 14.7. The van der Waals surface area contributed by atoms with Crippen molar-refractivity contribution in [3.8, 4) is 17.3 Å². The van der Waals surface area contributed by atoms with E-state index in [-0.39, 0.29) is 18.2 Å². The number of anilines is 1. The van der Waals surface area contributed by atoms with E-state index in [0.29, 0.717) is 29.4 Å². The van der Waals surface area contributed by atoms with Gasteiger partial charge in [-0.1, -0.05) is 5.16 Å². The highest BCUT2D eigenvalue weighted by Crippen LogP contribution is 2.24. The summed E-state index contributed by atoms with van der Waals surface area (Å²) < 4.78 is 50.6. The number of hydrogen-bond donors (Lipinski definition) is 2. The molecule has 28 heavy (non-hydrogen) atoms.